The maximum absolute atomic E-state index is 13.3. The molecule has 0 bridgehead atoms. The molecule has 0 aliphatic carbocycles. The molecule has 0 aliphatic rings. The van der Waals surface area contributed by atoms with Crippen LogP contribution >= 0.6 is 31.9 Å². The van der Waals surface area contributed by atoms with Crippen molar-refractivity contribution >= 4 is 31.9 Å². The Morgan fingerprint density at radius 2 is 1.85 bits per heavy atom. The zero-order valence-corrected chi connectivity index (χ0v) is 14.6. The fourth-order valence-electron chi connectivity index (χ4n) is 2.20. The van der Waals surface area contributed by atoms with Crippen molar-refractivity contribution in [3.8, 4) is 0 Å². The quantitative estimate of drug-likeness (QED) is 0.747. The van der Waals surface area contributed by atoms with E-state index in [1.165, 1.54) is 17.2 Å². The molecule has 1 atom stereocenters. The molecule has 0 aliphatic heterocycles. The lowest BCUT2D eigenvalue weighted by Crippen LogP contribution is -2.19. The van der Waals surface area contributed by atoms with E-state index in [2.05, 4.69) is 62.3 Å². The van der Waals surface area contributed by atoms with Gasteiger partial charge in [-0.1, -0.05) is 39.7 Å². The maximum atomic E-state index is 13.3. The van der Waals surface area contributed by atoms with E-state index < -0.39 is 0 Å². The van der Waals surface area contributed by atoms with Gasteiger partial charge < -0.3 is 5.32 Å². The second-order valence-corrected chi connectivity index (χ2v) is 6.53. The Kier molecular flexibility index (Phi) is 5.35. The molecular weight excluding hydrogens is 385 g/mol. The standard InChI is InChI=1S/C16H16Br2FN/c1-10-3-5-13(17)12(7-10)16(20-2)9-11-4-6-15(19)14(18)8-11/h3-8,16,20H,9H2,1-2H3. The molecule has 106 valence electrons. The first-order valence-corrected chi connectivity index (χ1v) is 7.97. The Bertz CT molecular complexity index is 613. The first-order valence-electron chi connectivity index (χ1n) is 6.38. The van der Waals surface area contributed by atoms with Gasteiger partial charge in [0.25, 0.3) is 0 Å². The van der Waals surface area contributed by atoms with Crippen molar-refractivity contribution in [3.05, 3.63) is 67.9 Å². The highest BCUT2D eigenvalue weighted by Crippen LogP contribution is 2.28. The summed E-state index contributed by atoms with van der Waals surface area (Å²) in [5.74, 6) is -0.230. The molecule has 4 heteroatoms. The molecule has 2 rings (SSSR count). The van der Waals surface area contributed by atoms with Crippen molar-refractivity contribution in [2.75, 3.05) is 7.05 Å². The van der Waals surface area contributed by atoms with Crippen LogP contribution in [0.1, 0.15) is 22.7 Å². The zero-order valence-electron chi connectivity index (χ0n) is 11.4. The van der Waals surface area contributed by atoms with Gasteiger partial charge in [-0.2, -0.15) is 0 Å². The fourth-order valence-corrected chi connectivity index (χ4v) is 3.15. The first kappa shape index (κ1) is 15.7. The predicted molar refractivity (Wildman–Crippen MR) is 88.5 cm³/mol. The molecule has 20 heavy (non-hydrogen) atoms. The van der Waals surface area contributed by atoms with E-state index in [0.717, 1.165) is 16.5 Å². The highest BCUT2D eigenvalue weighted by atomic mass is 79.9. The van der Waals surface area contributed by atoms with Crippen LogP contribution in [0.15, 0.2) is 45.3 Å². The Labute approximate surface area is 135 Å². The SMILES string of the molecule is CNC(Cc1ccc(F)c(Br)c1)c1cc(C)ccc1Br. The summed E-state index contributed by atoms with van der Waals surface area (Å²) < 4.78 is 14.9. The van der Waals surface area contributed by atoms with Crippen LogP contribution in [0.25, 0.3) is 0 Å². The van der Waals surface area contributed by atoms with Crippen molar-refractivity contribution in [3.63, 3.8) is 0 Å². The molecule has 0 amide bonds. The molecule has 2 aromatic rings. The van der Waals surface area contributed by atoms with E-state index >= 15 is 0 Å². The van der Waals surface area contributed by atoms with Crippen molar-refractivity contribution < 1.29 is 4.39 Å². The number of nitrogens with one attached hydrogen (secondary N) is 1. The average molecular weight is 401 g/mol. The van der Waals surface area contributed by atoms with Gasteiger partial charge in [0.2, 0.25) is 0 Å². The third-order valence-corrected chi connectivity index (χ3v) is 4.63. The summed E-state index contributed by atoms with van der Waals surface area (Å²) in [6.07, 6.45) is 0.803. The lowest BCUT2D eigenvalue weighted by atomic mass is 9.98. The number of benzene rings is 2. The van der Waals surface area contributed by atoms with Crippen LogP contribution < -0.4 is 5.32 Å². The monoisotopic (exact) mass is 399 g/mol. The second kappa shape index (κ2) is 6.83. The van der Waals surface area contributed by atoms with Crippen molar-refractivity contribution in [1.82, 2.24) is 5.32 Å². The van der Waals surface area contributed by atoms with Gasteiger partial charge in [-0.05, 0) is 65.6 Å². The van der Waals surface area contributed by atoms with Crippen LogP contribution in [0, 0.1) is 12.7 Å². The Hall–Kier alpha value is -0.710. The zero-order chi connectivity index (χ0) is 14.7. The van der Waals surface area contributed by atoms with Crippen LogP contribution in [0.5, 0.6) is 0 Å². The largest absolute Gasteiger partial charge is 0.313 e. The summed E-state index contributed by atoms with van der Waals surface area (Å²) in [6.45, 7) is 2.08. The number of rotatable bonds is 4. The normalized spacial score (nSPS) is 12.4. The molecule has 2 aromatic carbocycles. The Morgan fingerprint density at radius 3 is 2.50 bits per heavy atom. The second-order valence-electron chi connectivity index (χ2n) is 4.82. The van der Waals surface area contributed by atoms with Gasteiger partial charge in [0.15, 0.2) is 0 Å². The fraction of sp³-hybridized carbons (Fsp3) is 0.250. The van der Waals surface area contributed by atoms with Gasteiger partial charge in [0.05, 0.1) is 4.47 Å². The van der Waals surface area contributed by atoms with Crippen molar-refractivity contribution in [2.24, 2.45) is 0 Å². The Balaban J connectivity index is 2.28. The predicted octanol–water partition coefficient (Wildman–Crippen LogP) is 5.16. The summed E-state index contributed by atoms with van der Waals surface area (Å²) in [5, 5.41) is 3.33. The highest BCUT2D eigenvalue weighted by Gasteiger charge is 2.14. The van der Waals surface area contributed by atoms with Crippen LogP contribution in [-0.2, 0) is 6.42 Å². The molecule has 0 fully saturated rings. The van der Waals surface area contributed by atoms with Gasteiger partial charge in [-0.15, -0.1) is 0 Å². The van der Waals surface area contributed by atoms with E-state index in [9.17, 15) is 4.39 Å². The lowest BCUT2D eigenvalue weighted by molar-refractivity contribution is 0.585. The number of likely N-dealkylation sites (N-methyl/N-ethyl adjacent to an activating group) is 1. The van der Waals surface area contributed by atoms with Crippen LogP contribution in [-0.4, -0.2) is 7.05 Å². The Morgan fingerprint density at radius 1 is 1.10 bits per heavy atom. The summed E-state index contributed by atoms with van der Waals surface area (Å²) in [5.41, 5.74) is 3.53. The van der Waals surface area contributed by atoms with E-state index in [0.29, 0.717) is 4.47 Å². The molecular formula is C16H16Br2FN. The van der Waals surface area contributed by atoms with Crippen LogP contribution in [0.2, 0.25) is 0 Å². The number of aryl methyl sites for hydroxylation is 1. The number of halogens is 3. The molecule has 0 aromatic heterocycles. The van der Waals surface area contributed by atoms with Gasteiger partial charge in [0, 0.05) is 10.5 Å². The highest BCUT2D eigenvalue weighted by molar-refractivity contribution is 9.10. The molecule has 0 saturated carbocycles. The van der Waals surface area contributed by atoms with Gasteiger partial charge in [-0.3, -0.25) is 0 Å². The first-order chi connectivity index (χ1) is 9.51. The van der Waals surface area contributed by atoms with Gasteiger partial charge >= 0.3 is 0 Å². The van der Waals surface area contributed by atoms with Gasteiger partial charge in [0.1, 0.15) is 5.82 Å². The minimum absolute atomic E-state index is 0.182. The molecule has 0 spiro atoms. The van der Waals surface area contributed by atoms with Crippen LogP contribution in [0.4, 0.5) is 4.39 Å². The average Bonchev–Trinajstić information content (AvgIpc) is 2.43. The smallest absolute Gasteiger partial charge is 0.137 e. The minimum atomic E-state index is -0.230. The summed E-state index contributed by atoms with van der Waals surface area (Å²) in [7, 11) is 1.94. The van der Waals surface area contributed by atoms with Crippen molar-refractivity contribution in [2.45, 2.75) is 19.4 Å². The maximum Gasteiger partial charge on any atom is 0.137 e. The minimum Gasteiger partial charge on any atom is -0.313 e. The third kappa shape index (κ3) is 3.68. The lowest BCUT2D eigenvalue weighted by Gasteiger charge is -2.19. The molecule has 0 radical (unpaired) electrons. The summed E-state index contributed by atoms with van der Waals surface area (Å²) in [6, 6.07) is 11.7. The van der Waals surface area contributed by atoms with E-state index in [1.807, 2.05) is 19.2 Å². The van der Waals surface area contributed by atoms with Crippen molar-refractivity contribution in [1.29, 1.82) is 0 Å². The van der Waals surface area contributed by atoms with E-state index in [-0.39, 0.29) is 11.9 Å². The summed E-state index contributed by atoms with van der Waals surface area (Å²) >= 11 is 6.84. The third-order valence-electron chi connectivity index (χ3n) is 3.30. The molecule has 0 heterocycles. The topological polar surface area (TPSA) is 12.0 Å². The molecule has 1 unspecified atom stereocenters. The summed E-state index contributed by atoms with van der Waals surface area (Å²) in [4.78, 5) is 0. The molecule has 1 N–H and O–H groups in total. The van der Waals surface area contributed by atoms with E-state index in [1.54, 1.807) is 0 Å². The van der Waals surface area contributed by atoms with Gasteiger partial charge in [-0.25, -0.2) is 4.39 Å². The number of hydrogen-bond donors (Lipinski definition) is 1. The molecule has 0 saturated heterocycles. The van der Waals surface area contributed by atoms with Crippen LogP contribution in [0.3, 0.4) is 0 Å². The van der Waals surface area contributed by atoms with E-state index in [4.69, 9.17) is 0 Å². The molecule has 1 nitrogen and oxygen atoms in total. The number of hydrogen-bond acceptors (Lipinski definition) is 1.